The number of piperidine rings is 2. The minimum absolute atomic E-state index is 0.0304. The Morgan fingerprint density at radius 1 is 1.24 bits per heavy atom. The molecule has 138 valence electrons. The van der Waals surface area contributed by atoms with Crippen LogP contribution in [0.25, 0.3) is 0 Å². The quantitative estimate of drug-likeness (QED) is 0.869. The Balaban J connectivity index is 1.72. The molecule has 1 N–H and O–H groups in total. The lowest BCUT2D eigenvalue weighted by Crippen LogP contribution is -2.62. The number of hydrogen-bond acceptors (Lipinski definition) is 5. The van der Waals surface area contributed by atoms with Crippen molar-refractivity contribution in [1.29, 1.82) is 0 Å². The van der Waals surface area contributed by atoms with Gasteiger partial charge in [-0.25, -0.2) is 8.42 Å². The van der Waals surface area contributed by atoms with Gasteiger partial charge in [-0.3, -0.25) is 9.69 Å². The Labute approximate surface area is 149 Å². The van der Waals surface area contributed by atoms with Crippen molar-refractivity contribution in [2.45, 2.75) is 36.7 Å². The van der Waals surface area contributed by atoms with Crippen LogP contribution in [0.15, 0.2) is 29.2 Å². The highest BCUT2D eigenvalue weighted by Gasteiger charge is 2.52. The number of nitrogens with zero attached hydrogens (tertiary/aromatic N) is 2. The number of rotatable bonds is 4. The van der Waals surface area contributed by atoms with Gasteiger partial charge in [-0.15, -0.1) is 0 Å². The van der Waals surface area contributed by atoms with Gasteiger partial charge in [0.2, 0.25) is 0 Å². The van der Waals surface area contributed by atoms with E-state index in [4.69, 9.17) is 0 Å². The molecule has 25 heavy (non-hydrogen) atoms. The summed E-state index contributed by atoms with van der Waals surface area (Å²) in [5.74, 6) is -0.666. The molecule has 1 aromatic rings. The number of likely N-dealkylation sites (tertiary alicyclic amines) is 2. The van der Waals surface area contributed by atoms with Crippen molar-refractivity contribution < 1.29 is 18.3 Å². The lowest BCUT2D eigenvalue weighted by molar-refractivity contribution is -0.162. The van der Waals surface area contributed by atoms with E-state index in [0.29, 0.717) is 17.9 Å². The average molecular weight is 366 g/mol. The van der Waals surface area contributed by atoms with Gasteiger partial charge in [0.1, 0.15) is 0 Å². The van der Waals surface area contributed by atoms with Crippen LogP contribution in [0.3, 0.4) is 0 Å². The van der Waals surface area contributed by atoms with Gasteiger partial charge >= 0.3 is 5.97 Å². The SMILES string of the molecule is CN1CCC[C@]2(C(=O)O)CCN(Cc3ccc(S(C)(=O)=O)cc3)C[C@@H]12. The molecular weight excluding hydrogens is 340 g/mol. The number of carboxylic acid groups (broad SMARTS) is 1. The summed E-state index contributed by atoms with van der Waals surface area (Å²) in [6.07, 6.45) is 3.57. The molecule has 0 unspecified atom stereocenters. The molecule has 2 fully saturated rings. The van der Waals surface area contributed by atoms with Crippen molar-refractivity contribution >= 4 is 15.8 Å². The maximum absolute atomic E-state index is 12.0. The molecule has 0 radical (unpaired) electrons. The summed E-state index contributed by atoms with van der Waals surface area (Å²) in [6, 6.07) is 7.01. The molecule has 0 spiro atoms. The minimum Gasteiger partial charge on any atom is -0.481 e. The fraction of sp³-hybridized carbons (Fsp3) is 0.611. The molecule has 0 aliphatic carbocycles. The molecule has 2 saturated heterocycles. The van der Waals surface area contributed by atoms with E-state index >= 15 is 0 Å². The number of carbonyl (C=O) groups is 1. The first-order valence-corrected chi connectivity index (χ1v) is 10.6. The fourth-order valence-electron chi connectivity index (χ4n) is 4.29. The van der Waals surface area contributed by atoms with Crippen LogP contribution in [0.2, 0.25) is 0 Å². The summed E-state index contributed by atoms with van der Waals surface area (Å²) in [5, 5.41) is 9.82. The van der Waals surface area contributed by atoms with Gasteiger partial charge in [0, 0.05) is 25.4 Å². The van der Waals surface area contributed by atoms with Crippen LogP contribution < -0.4 is 0 Å². The normalized spacial score (nSPS) is 28.5. The van der Waals surface area contributed by atoms with Gasteiger partial charge in [0.05, 0.1) is 10.3 Å². The summed E-state index contributed by atoms with van der Waals surface area (Å²) in [5.41, 5.74) is 0.428. The zero-order valence-corrected chi connectivity index (χ0v) is 15.6. The number of likely N-dealkylation sites (N-methyl/N-ethyl adjacent to an activating group) is 1. The Bertz CT molecular complexity index is 747. The maximum atomic E-state index is 12.0. The van der Waals surface area contributed by atoms with Gasteiger partial charge in [0.15, 0.2) is 9.84 Å². The van der Waals surface area contributed by atoms with E-state index < -0.39 is 21.2 Å². The minimum atomic E-state index is -3.18. The first kappa shape index (κ1) is 18.4. The van der Waals surface area contributed by atoms with Gasteiger partial charge in [-0.2, -0.15) is 0 Å². The Morgan fingerprint density at radius 3 is 2.52 bits per heavy atom. The second-order valence-electron chi connectivity index (χ2n) is 7.46. The predicted octanol–water partition coefficient (Wildman–Crippen LogP) is 1.46. The summed E-state index contributed by atoms with van der Waals surface area (Å²) >= 11 is 0. The zero-order valence-electron chi connectivity index (χ0n) is 14.8. The number of aliphatic carboxylic acids is 1. The number of fused-ring (bicyclic) bond motifs is 1. The third-order valence-electron chi connectivity index (χ3n) is 5.79. The Morgan fingerprint density at radius 2 is 1.92 bits per heavy atom. The monoisotopic (exact) mass is 366 g/mol. The molecule has 2 aliphatic heterocycles. The summed E-state index contributed by atoms with van der Waals surface area (Å²) in [6.45, 7) is 3.14. The van der Waals surface area contributed by atoms with Crippen molar-refractivity contribution in [1.82, 2.24) is 9.80 Å². The molecule has 6 nitrogen and oxygen atoms in total. The zero-order chi connectivity index (χ0) is 18.2. The number of sulfone groups is 1. The third-order valence-corrected chi connectivity index (χ3v) is 6.92. The molecule has 2 atom stereocenters. The summed E-state index contributed by atoms with van der Waals surface area (Å²) in [4.78, 5) is 16.7. The van der Waals surface area contributed by atoms with E-state index in [9.17, 15) is 18.3 Å². The molecule has 0 amide bonds. The molecule has 0 bridgehead atoms. The van der Waals surface area contributed by atoms with E-state index in [-0.39, 0.29) is 6.04 Å². The maximum Gasteiger partial charge on any atom is 0.311 e. The van der Waals surface area contributed by atoms with Crippen LogP contribution >= 0.6 is 0 Å². The van der Waals surface area contributed by atoms with Crippen molar-refractivity contribution in [3.63, 3.8) is 0 Å². The molecule has 3 rings (SSSR count). The Kier molecular flexibility index (Phi) is 4.92. The van der Waals surface area contributed by atoms with Gasteiger partial charge < -0.3 is 10.0 Å². The lowest BCUT2D eigenvalue weighted by Gasteiger charge is -2.51. The topological polar surface area (TPSA) is 77.9 Å². The number of hydrogen-bond donors (Lipinski definition) is 1. The second kappa shape index (κ2) is 6.70. The molecule has 2 heterocycles. The first-order chi connectivity index (χ1) is 11.7. The summed E-state index contributed by atoms with van der Waals surface area (Å²) < 4.78 is 23.1. The molecule has 2 aliphatic rings. The van der Waals surface area contributed by atoms with Crippen LogP contribution in [-0.4, -0.2) is 68.3 Å². The van der Waals surface area contributed by atoms with E-state index in [2.05, 4.69) is 9.80 Å². The highest BCUT2D eigenvalue weighted by Crippen LogP contribution is 2.42. The van der Waals surface area contributed by atoms with Gasteiger partial charge in [-0.05, 0) is 57.1 Å². The van der Waals surface area contributed by atoms with Crippen LogP contribution in [-0.2, 0) is 21.2 Å². The predicted molar refractivity (Wildman–Crippen MR) is 95.2 cm³/mol. The van der Waals surface area contributed by atoms with Crippen LogP contribution in [0, 0.1) is 5.41 Å². The van der Waals surface area contributed by atoms with Gasteiger partial charge in [0.25, 0.3) is 0 Å². The summed E-state index contributed by atoms with van der Waals surface area (Å²) in [7, 11) is -1.16. The number of carboxylic acids is 1. The molecule has 0 saturated carbocycles. The van der Waals surface area contributed by atoms with Crippen molar-refractivity contribution in [2.75, 3.05) is 32.9 Å². The largest absolute Gasteiger partial charge is 0.481 e. The van der Waals surface area contributed by atoms with E-state index in [1.54, 1.807) is 12.1 Å². The van der Waals surface area contributed by atoms with Gasteiger partial charge in [-0.1, -0.05) is 12.1 Å². The highest BCUT2D eigenvalue weighted by molar-refractivity contribution is 7.90. The van der Waals surface area contributed by atoms with Crippen molar-refractivity contribution in [3.8, 4) is 0 Å². The average Bonchev–Trinajstić information content (AvgIpc) is 2.55. The third kappa shape index (κ3) is 3.59. The first-order valence-electron chi connectivity index (χ1n) is 8.67. The van der Waals surface area contributed by atoms with Crippen molar-refractivity contribution in [3.05, 3.63) is 29.8 Å². The highest BCUT2D eigenvalue weighted by atomic mass is 32.2. The molecule has 0 aromatic heterocycles. The molecular formula is C18H26N2O4S. The van der Waals surface area contributed by atoms with E-state index in [0.717, 1.165) is 38.0 Å². The standard InChI is InChI=1S/C18H26N2O4S/c1-19-10-3-8-18(17(21)22)9-11-20(13-16(18)19)12-14-4-6-15(7-5-14)25(2,23)24/h4-7,16H,3,8-13H2,1-2H3,(H,21,22)/t16-,18+/m1/s1. The molecule has 1 aromatic carbocycles. The lowest BCUT2D eigenvalue weighted by atomic mass is 9.68. The van der Waals surface area contributed by atoms with Crippen LogP contribution in [0.1, 0.15) is 24.8 Å². The number of benzene rings is 1. The molecule has 7 heteroatoms. The fourth-order valence-corrected chi connectivity index (χ4v) is 4.92. The van der Waals surface area contributed by atoms with Crippen LogP contribution in [0.4, 0.5) is 0 Å². The Hall–Kier alpha value is -1.44. The van der Waals surface area contributed by atoms with Crippen molar-refractivity contribution in [2.24, 2.45) is 5.41 Å². The second-order valence-corrected chi connectivity index (χ2v) is 9.48. The van der Waals surface area contributed by atoms with Crippen LogP contribution in [0.5, 0.6) is 0 Å². The smallest absolute Gasteiger partial charge is 0.311 e. The van der Waals surface area contributed by atoms with E-state index in [1.165, 1.54) is 6.26 Å². The van der Waals surface area contributed by atoms with E-state index in [1.807, 2.05) is 19.2 Å².